The quantitative estimate of drug-likeness (QED) is 0.576. The number of nitrogens with one attached hydrogen (secondary N) is 1. The first-order valence-electron chi connectivity index (χ1n) is 10.9. The second-order valence-electron chi connectivity index (χ2n) is 7.86. The van der Waals surface area contributed by atoms with Crippen LogP contribution in [-0.2, 0) is 0 Å². The summed E-state index contributed by atoms with van der Waals surface area (Å²) in [4.78, 5) is 19.9. The molecule has 1 aromatic carbocycles. The Morgan fingerprint density at radius 1 is 1.17 bits per heavy atom. The molecule has 0 saturated heterocycles. The average molecular weight is 408 g/mol. The summed E-state index contributed by atoms with van der Waals surface area (Å²) < 4.78 is 1.79. The fourth-order valence-corrected chi connectivity index (χ4v) is 3.90. The maximum Gasteiger partial charge on any atom is 0.254 e. The molecule has 0 saturated carbocycles. The minimum atomic E-state index is -0.0911. The molecule has 1 atom stereocenters. The van der Waals surface area contributed by atoms with Crippen LogP contribution in [0.3, 0.4) is 0 Å². The van der Waals surface area contributed by atoms with E-state index in [1.54, 1.807) is 10.7 Å². The lowest BCUT2D eigenvalue weighted by molar-refractivity contribution is 0.0935. The molecule has 0 fully saturated rings. The van der Waals surface area contributed by atoms with Crippen LogP contribution in [0.1, 0.15) is 55.4 Å². The molecule has 6 heteroatoms. The number of aromatic nitrogens is 3. The third-order valence-electron chi connectivity index (χ3n) is 5.75. The van der Waals surface area contributed by atoms with E-state index in [0.717, 1.165) is 60.6 Å². The Kier molecular flexibility index (Phi) is 7.21. The van der Waals surface area contributed by atoms with Gasteiger partial charge in [-0.3, -0.25) is 4.79 Å². The molecule has 0 aliphatic rings. The molecule has 2 heterocycles. The monoisotopic (exact) mass is 407 g/mol. The maximum atomic E-state index is 12.9. The third kappa shape index (κ3) is 4.70. The molecule has 2 aromatic heterocycles. The minimum absolute atomic E-state index is 0.0911. The molecule has 1 unspecified atom stereocenters. The SMILES string of the molecule is CCN(CC)CCCC(C)NC(=O)c1cnc2c(-c3ccccc3)c(C)nn2c1C. The number of benzene rings is 1. The summed E-state index contributed by atoms with van der Waals surface area (Å²) in [6, 6.07) is 10.2. The molecule has 0 aliphatic heterocycles. The van der Waals surface area contributed by atoms with E-state index in [0.29, 0.717) is 5.56 Å². The van der Waals surface area contributed by atoms with Crippen molar-refractivity contribution in [1.29, 1.82) is 0 Å². The molecular weight excluding hydrogens is 374 g/mol. The van der Waals surface area contributed by atoms with Crippen LogP contribution in [0, 0.1) is 13.8 Å². The zero-order valence-corrected chi connectivity index (χ0v) is 18.8. The lowest BCUT2D eigenvalue weighted by Gasteiger charge is -2.20. The largest absolute Gasteiger partial charge is 0.349 e. The second kappa shape index (κ2) is 9.85. The van der Waals surface area contributed by atoms with Gasteiger partial charge in [0.2, 0.25) is 0 Å². The van der Waals surface area contributed by atoms with Gasteiger partial charge in [-0.25, -0.2) is 9.50 Å². The van der Waals surface area contributed by atoms with Crippen molar-refractivity contribution in [2.75, 3.05) is 19.6 Å². The first-order valence-corrected chi connectivity index (χ1v) is 10.9. The topological polar surface area (TPSA) is 62.5 Å². The normalized spacial score (nSPS) is 12.5. The molecule has 3 rings (SSSR count). The molecule has 30 heavy (non-hydrogen) atoms. The van der Waals surface area contributed by atoms with Gasteiger partial charge in [-0.1, -0.05) is 44.2 Å². The van der Waals surface area contributed by atoms with Crippen molar-refractivity contribution in [3.63, 3.8) is 0 Å². The van der Waals surface area contributed by atoms with Gasteiger partial charge in [-0.2, -0.15) is 5.10 Å². The standard InChI is InChI=1S/C24H33N5O/c1-6-28(7-2)15-11-12-17(3)26-24(30)21-16-25-23-22(20-13-9-8-10-14-20)18(4)27-29(23)19(21)5/h8-10,13-14,16-17H,6-7,11-12,15H2,1-5H3,(H,26,30). The Hall–Kier alpha value is -2.73. The van der Waals surface area contributed by atoms with Gasteiger partial charge in [0.1, 0.15) is 0 Å². The van der Waals surface area contributed by atoms with E-state index in [2.05, 4.69) is 53.2 Å². The van der Waals surface area contributed by atoms with E-state index in [1.165, 1.54) is 0 Å². The number of nitrogens with zero attached hydrogens (tertiary/aromatic N) is 4. The number of hydrogen-bond donors (Lipinski definition) is 1. The molecule has 0 radical (unpaired) electrons. The van der Waals surface area contributed by atoms with Gasteiger partial charge in [-0.05, 0) is 58.8 Å². The summed E-state index contributed by atoms with van der Waals surface area (Å²) in [6.07, 6.45) is 3.70. The fourth-order valence-electron chi connectivity index (χ4n) is 3.90. The zero-order valence-electron chi connectivity index (χ0n) is 18.8. The van der Waals surface area contributed by atoms with E-state index in [9.17, 15) is 4.79 Å². The van der Waals surface area contributed by atoms with Crippen molar-refractivity contribution < 1.29 is 4.79 Å². The van der Waals surface area contributed by atoms with E-state index in [4.69, 9.17) is 0 Å². The van der Waals surface area contributed by atoms with E-state index in [-0.39, 0.29) is 11.9 Å². The molecule has 6 nitrogen and oxygen atoms in total. The highest BCUT2D eigenvalue weighted by atomic mass is 16.1. The van der Waals surface area contributed by atoms with Crippen LogP contribution in [0.25, 0.3) is 16.8 Å². The van der Waals surface area contributed by atoms with Crippen LogP contribution in [0.15, 0.2) is 36.5 Å². The predicted octanol–water partition coefficient (Wildman–Crippen LogP) is 4.25. The maximum absolute atomic E-state index is 12.9. The van der Waals surface area contributed by atoms with Crippen molar-refractivity contribution in [1.82, 2.24) is 24.8 Å². The molecule has 1 N–H and O–H groups in total. The minimum Gasteiger partial charge on any atom is -0.349 e. The van der Waals surface area contributed by atoms with E-state index >= 15 is 0 Å². The van der Waals surface area contributed by atoms with Crippen LogP contribution in [0.2, 0.25) is 0 Å². The van der Waals surface area contributed by atoms with Gasteiger partial charge in [0.25, 0.3) is 5.91 Å². The summed E-state index contributed by atoms with van der Waals surface area (Å²) in [6.45, 7) is 13.5. The third-order valence-corrected chi connectivity index (χ3v) is 5.75. The lowest BCUT2D eigenvalue weighted by atomic mass is 10.1. The van der Waals surface area contributed by atoms with Gasteiger partial charge < -0.3 is 10.2 Å². The highest BCUT2D eigenvalue weighted by Crippen LogP contribution is 2.27. The molecule has 160 valence electrons. The fraction of sp³-hybridized carbons (Fsp3) is 0.458. The summed E-state index contributed by atoms with van der Waals surface area (Å²) in [5.74, 6) is -0.0911. The van der Waals surface area contributed by atoms with Crippen molar-refractivity contribution >= 4 is 11.6 Å². The van der Waals surface area contributed by atoms with Gasteiger partial charge in [0.15, 0.2) is 5.65 Å². The van der Waals surface area contributed by atoms with Gasteiger partial charge in [0.05, 0.1) is 17.0 Å². The van der Waals surface area contributed by atoms with Crippen LogP contribution < -0.4 is 5.32 Å². The number of amides is 1. The number of carbonyl (C=O) groups excluding carboxylic acids is 1. The first-order chi connectivity index (χ1) is 14.5. The predicted molar refractivity (Wildman–Crippen MR) is 122 cm³/mol. The summed E-state index contributed by atoms with van der Waals surface area (Å²) in [5.41, 5.74) is 5.14. The Balaban J connectivity index is 1.75. The molecular formula is C24H33N5O. The number of fused-ring (bicyclic) bond motifs is 1. The highest BCUT2D eigenvalue weighted by Gasteiger charge is 2.19. The number of aryl methyl sites for hydroxylation is 2. The summed E-state index contributed by atoms with van der Waals surface area (Å²) in [7, 11) is 0. The summed E-state index contributed by atoms with van der Waals surface area (Å²) >= 11 is 0. The smallest absolute Gasteiger partial charge is 0.254 e. The van der Waals surface area contributed by atoms with Crippen LogP contribution >= 0.6 is 0 Å². The average Bonchev–Trinajstić information content (AvgIpc) is 3.09. The van der Waals surface area contributed by atoms with Gasteiger partial charge in [0, 0.05) is 17.8 Å². The molecule has 0 spiro atoms. The highest BCUT2D eigenvalue weighted by molar-refractivity contribution is 5.95. The molecule has 3 aromatic rings. The second-order valence-corrected chi connectivity index (χ2v) is 7.86. The molecule has 0 aliphatic carbocycles. The van der Waals surface area contributed by atoms with Crippen LogP contribution in [0.5, 0.6) is 0 Å². The van der Waals surface area contributed by atoms with Crippen molar-refractivity contribution in [2.24, 2.45) is 0 Å². The van der Waals surface area contributed by atoms with Crippen LogP contribution in [-0.4, -0.2) is 51.1 Å². The number of rotatable bonds is 9. The first kappa shape index (κ1) is 22.0. The zero-order chi connectivity index (χ0) is 21.7. The Morgan fingerprint density at radius 2 is 1.87 bits per heavy atom. The van der Waals surface area contributed by atoms with Crippen molar-refractivity contribution in [2.45, 2.75) is 53.5 Å². The Morgan fingerprint density at radius 3 is 2.53 bits per heavy atom. The van der Waals surface area contributed by atoms with Gasteiger partial charge in [-0.15, -0.1) is 0 Å². The summed E-state index contributed by atoms with van der Waals surface area (Å²) in [5, 5.41) is 7.79. The Bertz CT molecular complexity index is 992. The molecule has 1 amide bonds. The molecule has 0 bridgehead atoms. The van der Waals surface area contributed by atoms with Gasteiger partial charge >= 0.3 is 0 Å². The number of hydrogen-bond acceptors (Lipinski definition) is 4. The van der Waals surface area contributed by atoms with E-state index < -0.39 is 0 Å². The van der Waals surface area contributed by atoms with E-state index in [1.807, 2.05) is 32.0 Å². The van der Waals surface area contributed by atoms with Crippen molar-refractivity contribution in [3.05, 3.63) is 53.5 Å². The lowest BCUT2D eigenvalue weighted by Crippen LogP contribution is -2.34. The Labute approximate surface area is 179 Å². The number of carbonyl (C=O) groups is 1. The van der Waals surface area contributed by atoms with Crippen molar-refractivity contribution in [3.8, 4) is 11.1 Å². The van der Waals surface area contributed by atoms with Crippen LogP contribution in [0.4, 0.5) is 0 Å².